The van der Waals surface area contributed by atoms with E-state index in [1.54, 1.807) is 4.68 Å². The normalized spacial score (nSPS) is 12.2. The summed E-state index contributed by atoms with van der Waals surface area (Å²) in [5, 5.41) is 18.7. The van der Waals surface area contributed by atoms with Gasteiger partial charge in [0.2, 0.25) is 5.91 Å². The van der Waals surface area contributed by atoms with Crippen LogP contribution in [0.4, 0.5) is 0 Å². The van der Waals surface area contributed by atoms with Crippen molar-refractivity contribution in [1.29, 1.82) is 0 Å². The van der Waals surface area contributed by atoms with E-state index in [9.17, 15) is 9.59 Å². The molecular formula is C12H20N4O3. The lowest BCUT2D eigenvalue weighted by molar-refractivity contribution is -0.141. The van der Waals surface area contributed by atoms with Crippen LogP contribution >= 0.6 is 0 Å². The number of rotatable bonds is 7. The molecule has 1 amide bonds. The molecule has 1 aromatic heterocycles. The van der Waals surface area contributed by atoms with Crippen LogP contribution in [0.25, 0.3) is 0 Å². The fraction of sp³-hybridized carbons (Fsp3) is 0.583. The van der Waals surface area contributed by atoms with E-state index in [-0.39, 0.29) is 12.5 Å². The lowest BCUT2D eigenvalue weighted by Gasteiger charge is -2.13. The van der Waals surface area contributed by atoms with Gasteiger partial charge in [0.15, 0.2) is 0 Å². The molecule has 0 aromatic carbocycles. The molecule has 1 heterocycles. The summed E-state index contributed by atoms with van der Waals surface area (Å²) in [5.41, 5.74) is 2.03. The molecule has 0 bridgehead atoms. The molecule has 1 rings (SSSR count). The predicted molar refractivity (Wildman–Crippen MR) is 69.5 cm³/mol. The van der Waals surface area contributed by atoms with Crippen LogP contribution in [-0.2, 0) is 29.6 Å². The number of carboxylic acids is 1. The number of amides is 1. The van der Waals surface area contributed by atoms with E-state index in [0.29, 0.717) is 6.54 Å². The predicted octanol–water partition coefficient (Wildman–Crippen LogP) is -0.339. The van der Waals surface area contributed by atoms with Crippen molar-refractivity contribution in [3.63, 3.8) is 0 Å². The van der Waals surface area contributed by atoms with Crippen molar-refractivity contribution in [2.45, 2.75) is 32.9 Å². The van der Waals surface area contributed by atoms with Gasteiger partial charge in [0.05, 0.1) is 5.69 Å². The largest absolute Gasteiger partial charge is 0.480 e. The maximum atomic E-state index is 10.9. The summed E-state index contributed by atoms with van der Waals surface area (Å²) in [5.74, 6) is -1.41. The molecule has 19 heavy (non-hydrogen) atoms. The number of aromatic nitrogens is 2. The van der Waals surface area contributed by atoms with E-state index >= 15 is 0 Å². The first-order chi connectivity index (χ1) is 8.93. The van der Waals surface area contributed by atoms with Gasteiger partial charge in [-0.1, -0.05) is 6.92 Å². The molecule has 7 heteroatoms. The number of carbonyl (C=O) groups is 2. The molecule has 0 aliphatic carbocycles. The van der Waals surface area contributed by atoms with E-state index < -0.39 is 12.0 Å². The Morgan fingerprint density at radius 2 is 2.21 bits per heavy atom. The van der Waals surface area contributed by atoms with Gasteiger partial charge in [0.1, 0.15) is 6.04 Å². The van der Waals surface area contributed by atoms with Crippen molar-refractivity contribution in [2.24, 2.45) is 7.05 Å². The lowest BCUT2D eigenvalue weighted by atomic mass is 10.2. The molecule has 106 valence electrons. The van der Waals surface area contributed by atoms with E-state index in [2.05, 4.69) is 15.7 Å². The van der Waals surface area contributed by atoms with Crippen molar-refractivity contribution >= 4 is 11.9 Å². The zero-order chi connectivity index (χ0) is 14.4. The number of carboxylic acid groups (broad SMARTS) is 1. The van der Waals surface area contributed by atoms with Crippen LogP contribution in [-0.4, -0.2) is 39.4 Å². The minimum atomic E-state index is -1.05. The lowest BCUT2D eigenvalue weighted by Crippen LogP contribution is -2.46. The Morgan fingerprint density at radius 3 is 2.74 bits per heavy atom. The molecule has 0 aliphatic rings. The second-order valence-electron chi connectivity index (χ2n) is 4.35. The molecule has 1 unspecified atom stereocenters. The Labute approximate surface area is 112 Å². The Bertz CT molecular complexity index is 456. The molecule has 3 N–H and O–H groups in total. The van der Waals surface area contributed by atoms with Crippen LogP contribution in [0.2, 0.25) is 0 Å². The first-order valence-electron chi connectivity index (χ1n) is 6.16. The van der Waals surface area contributed by atoms with Crippen molar-refractivity contribution in [2.75, 3.05) is 6.54 Å². The van der Waals surface area contributed by atoms with Crippen molar-refractivity contribution in [3.05, 3.63) is 17.5 Å². The van der Waals surface area contributed by atoms with Gasteiger partial charge < -0.3 is 15.7 Å². The highest BCUT2D eigenvalue weighted by molar-refractivity contribution is 5.82. The number of hydrogen-bond acceptors (Lipinski definition) is 4. The van der Waals surface area contributed by atoms with Crippen molar-refractivity contribution in [3.8, 4) is 0 Å². The van der Waals surface area contributed by atoms with Crippen molar-refractivity contribution < 1.29 is 14.7 Å². The number of nitrogens with one attached hydrogen (secondary N) is 2. The fourth-order valence-corrected chi connectivity index (χ4v) is 1.83. The monoisotopic (exact) mass is 268 g/mol. The number of hydrogen-bond donors (Lipinski definition) is 3. The Kier molecular flexibility index (Phi) is 5.50. The van der Waals surface area contributed by atoms with Crippen LogP contribution in [0.5, 0.6) is 0 Å². The van der Waals surface area contributed by atoms with Gasteiger partial charge >= 0.3 is 5.97 Å². The van der Waals surface area contributed by atoms with Crippen LogP contribution in [0.15, 0.2) is 6.20 Å². The molecule has 1 atom stereocenters. The highest BCUT2D eigenvalue weighted by Crippen LogP contribution is 2.06. The first-order valence-corrected chi connectivity index (χ1v) is 6.16. The highest BCUT2D eigenvalue weighted by Gasteiger charge is 2.17. The van der Waals surface area contributed by atoms with Gasteiger partial charge in [-0.25, -0.2) is 4.79 Å². The molecule has 0 spiro atoms. The van der Waals surface area contributed by atoms with E-state index in [1.165, 1.54) is 6.92 Å². The second kappa shape index (κ2) is 6.89. The summed E-state index contributed by atoms with van der Waals surface area (Å²) in [4.78, 5) is 21.8. The molecule has 1 aromatic rings. The Morgan fingerprint density at radius 1 is 1.53 bits per heavy atom. The topological polar surface area (TPSA) is 96.3 Å². The number of nitrogens with zero attached hydrogens (tertiary/aromatic N) is 2. The minimum Gasteiger partial charge on any atom is -0.480 e. The highest BCUT2D eigenvalue weighted by atomic mass is 16.4. The van der Waals surface area contributed by atoms with Crippen LogP contribution in [0.3, 0.4) is 0 Å². The van der Waals surface area contributed by atoms with Gasteiger partial charge in [0.25, 0.3) is 0 Å². The molecule has 0 saturated heterocycles. The molecule has 0 saturated carbocycles. The quantitative estimate of drug-likeness (QED) is 0.629. The average molecular weight is 268 g/mol. The number of carbonyl (C=O) groups excluding carboxylic acids is 1. The maximum absolute atomic E-state index is 10.9. The summed E-state index contributed by atoms with van der Waals surface area (Å²) in [6.45, 7) is 4.02. The van der Waals surface area contributed by atoms with E-state index in [4.69, 9.17) is 5.11 Å². The van der Waals surface area contributed by atoms with Crippen molar-refractivity contribution in [1.82, 2.24) is 20.4 Å². The fourth-order valence-electron chi connectivity index (χ4n) is 1.83. The van der Waals surface area contributed by atoms with Gasteiger partial charge in [0, 0.05) is 38.8 Å². The molecule has 7 nitrogen and oxygen atoms in total. The molecular weight excluding hydrogens is 248 g/mol. The summed E-state index contributed by atoms with van der Waals surface area (Å²) < 4.78 is 1.73. The molecule has 0 aliphatic heterocycles. The SMILES string of the molecule is CCc1nn(C)cc1CNCC(NC(C)=O)C(=O)O. The third kappa shape index (κ3) is 4.70. The summed E-state index contributed by atoms with van der Waals surface area (Å²) in [7, 11) is 1.85. The van der Waals surface area contributed by atoms with Gasteiger partial charge in [-0.05, 0) is 6.42 Å². The Balaban J connectivity index is 2.51. The van der Waals surface area contributed by atoms with E-state index in [1.807, 2.05) is 20.2 Å². The smallest absolute Gasteiger partial charge is 0.327 e. The van der Waals surface area contributed by atoms with Gasteiger partial charge in [-0.15, -0.1) is 0 Å². The standard InChI is InChI=1S/C12H20N4O3/c1-4-10-9(7-16(3)15-10)5-13-6-11(12(18)19)14-8(2)17/h7,11,13H,4-6H2,1-3H3,(H,14,17)(H,18,19). The zero-order valence-corrected chi connectivity index (χ0v) is 11.4. The summed E-state index contributed by atoms with van der Waals surface area (Å²) >= 11 is 0. The van der Waals surface area contributed by atoms with E-state index in [0.717, 1.165) is 17.7 Å². The minimum absolute atomic E-state index is 0.174. The second-order valence-corrected chi connectivity index (χ2v) is 4.35. The van der Waals surface area contributed by atoms with Crippen LogP contribution in [0, 0.1) is 0 Å². The summed E-state index contributed by atoms with van der Waals surface area (Å²) in [6, 6.07) is -0.917. The maximum Gasteiger partial charge on any atom is 0.327 e. The zero-order valence-electron chi connectivity index (χ0n) is 11.4. The summed E-state index contributed by atoms with van der Waals surface area (Å²) in [6.07, 6.45) is 2.73. The van der Waals surface area contributed by atoms with Gasteiger partial charge in [-0.3, -0.25) is 9.48 Å². The third-order valence-corrected chi connectivity index (χ3v) is 2.67. The van der Waals surface area contributed by atoms with Gasteiger partial charge in [-0.2, -0.15) is 5.10 Å². The third-order valence-electron chi connectivity index (χ3n) is 2.67. The average Bonchev–Trinajstić information content (AvgIpc) is 2.67. The van der Waals surface area contributed by atoms with Crippen LogP contribution in [0.1, 0.15) is 25.1 Å². The number of aryl methyl sites for hydroxylation is 2. The molecule has 0 fully saturated rings. The first kappa shape index (κ1) is 15.2. The van der Waals surface area contributed by atoms with Crippen LogP contribution < -0.4 is 10.6 Å². The number of aliphatic carboxylic acids is 1. The molecule has 0 radical (unpaired) electrons. The Hall–Kier alpha value is -1.89.